The summed E-state index contributed by atoms with van der Waals surface area (Å²) in [5.41, 5.74) is 7.49. The summed E-state index contributed by atoms with van der Waals surface area (Å²) < 4.78 is 5.93. The average molecular weight is 460 g/mol. The maximum absolute atomic E-state index is 13.0. The van der Waals surface area contributed by atoms with E-state index in [1.54, 1.807) is 6.92 Å². The zero-order chi connectivity index (χ0) is 24.4. The molecular weight excluding hydrogens is 436 g/mol. The lowest BCUT2D eigenvalue weighted by atomic mass is 9.93. The van der Waals surface area contributed by atoms with E-state index in [-0.39, 0.29) is 22.9 Å². The lowest BCUT2D eigenvalue weighted by molar-refractivity contribution is -0.384. The minimum atomic E-state index is -0.527. The molecule has 2 N–H and O–H groups in total. The summed E-state index contributed by atoms with van der Waals surface area (Å²) in [4.78, 5) is 35.7. The molecule has 34 heavy (non-hydrogen) atoms. The third kappa shape index (κ3) is 4.45. The molecule has 0 aliphatic heterocycles. The Bertz CT molecular complexity index is 1320. The molecule has 0 spiro atoms. The third-order valence-electron chi connectivity index (χ3n) is 6.02. The van der Waals surface area contributed by atoms with Gasteiger partial charge < -0.3 is 9.73 Å². The topological polar surface area (TPSA) is 127 Å². The van der Waals surface area contributed by atoms with Crippen molar-refractivity contribution in [3.63, 3.8) is 0 Å². The van der Waals surface area contributed by atoms with E-state index in [2.05, 4.69) is 15.8 Å². The van der Waals surface area contributed by atoms with Crippen LogP contribution in [0.25, 0.3) is 0 Å². The highest BCUT2D eigenvalue weighted by molar-refractivity contribution is 6.09. The van der Waals surface area contributed by atoms with E-state index in [1.807, 2.05) is 32.0 Å². The van der Waals surface area contributed by atoms with Crippen LogP contribution in [0.3, 0.4) is 0 Å². The number of amides is 2. The van der Waals surface area contributed by atoms with Crippen LogP contribution in [-0.4, -0.2) is 22.4 Å². The van der Waals surface area contributed by atoms with Crippen LogP contribution in [-0.2, 0) is 6.42 Å². The maximum Gasteiger partial charge on any atom is 0.291 e. The number of carbonyl (C=O) groups is 2. The first-order valence-electron chi connectivity index (χ1n) is 10.9. The van der Waals surface area contributed by atoms with Crippen molar-refractivity contribution in [2.24, 2.45) is 5.10 Å². The van der Waals surface area contributed by atoms with Crippen molar-refractivity contribution in [2.75, 3.05) is 5.32 Å². The van der Waals surface area contributed by atoms with Gasteiger partial charge in [-0.1, -0.05) is 12.1 Å². The number of rotatable bonds is 5. The van der Waals surface area contributed by atoms with Crippen molar-refractivity contribution >= 4 is 28.9 Å². The molecule has 0 atom stereocenters. The van der Waals surface area contributed by atoms with Crippen LogP contribution in [0.15, 0.2) is 52.0 Å². The highest BCUT2D eigenvalue weighted by atomic mass is 16.6. The quantitative estimate of drug-likeness (QED) is 0.416. The molecule has 0 saturated carbocycles. The molecule has 2 aromatic carbocycles. The molecule has 0 unspecified atom stereocenters. The van der Waals surface area contributed by atoms with Crippen LogP contribution in [0.4, 0.5) is 11.4 Å². The molecule has 3 aromatic rings. The summed E-state index contributed by atoms with van der Waals surface area (Å²) in [6.07, 6.45) is 2.05. The zero-order valence-electron chi connectivity index (χ0n) is 19.1. The summed E-state index contributed by atoms with van der Waals surface area (Å²) in [6, 6.07) is 11.0. The van der Waals surface area contributed by atoms with E-state index in [1.165, 1.54) is 24.3 Å². The average Bonchev–Trinajstić information content (AvgIpc) is 3.17. The number of nitrogens with zero attached hydrogens (tertiary/aromatic N) is 2. The third-order valence-corrected chi connectivity index (χ3v) is 6.02. The number of hydrogen-bond donors (Lipinski definition) is 2. The Labute approximate surface area is 196 Å². The van der Waals surface area contributed by atoms with Crippen molar-refractivity contribution in [3.05, 3.63) is 91.9 Å². The number of non-ortho nitro benzene ring substituents is 1. The number of anilines is 1. The molecule has 174 valence electrons. The lowest BCUT2D eigenvalue weighted by Crippen LogP contribution is -2.22. The Kier molecular flexibility index (Phi) is 6.27. The van der Waals surface area contributed by atoms with Crippen molar-refractivity contribution in [3.8, 4) is 0 Å². The lowest BCUT2D eigenvalue weighted by Gasteiger charge is -2.13. The summed E-state index contributed by atoms with van der Waals surface area (Å²) in [5.74, 6) is 0.0684. The van der Waals surface area contributed by atoms with Crippen LogP contribution < -0.4 is 10.7 Å². The SMILES string of the molecule is Cc1cccc(NC(=O)c2oc3c(c2C)/C(=N/NC(=O)c2ccc([N+](=O)[O-])cc2)CCC3)c1C. The van der Waals surface area contributed by atoms with Crippen molar-refractivity contribution in [1.29, 1.82) is 0 Å². The molecule has 1 aliphatic carbocycles. The highest BCUT2D eigenvalue weighted by Gasteiger charge is 2.28. The zero-order valence-corrected chi connectivity index (χ0v) is 19.1. The number of fused-ring (bicyclic) bond motifs is 1. The van der Waals surface area contributed by atoms with Gasteiger partial charge in [-0.15, -0.1) is 0 Å². The van der Waals surface area contributed by atoms with E-state index in [0.717, 1.165) is 28.8 Å². The van der Waals surface area contributed by atoms with Gasteiger partial charge >= 0.3 is 0 Å². The van der Waals surface area contributed by atoms with Gasteiger partial charge in [0.05, 0.1) is 10.6 Å². The van der Waals surface area contributed by atoms with E-state index >= 15 is 0 Å². The van der Waals surface area contributed by atoms with E-state index in [4.69, 9.17) is 4.42 Å². The Morgan fingerprint density at radius 2 is 1.74 bits per heavy atom. The monoisotopic (exact) mass is 460 g/mol. The second-order valence-electron chi connectivity index (χ2n) is 8.21. The van der Waals surface area contributed by atoms with Gasteiger partial charge in [0.15, 0.2) is 5.76 Å². The number of nitro groups is 1. The van der Waals surface area contributed by atoms with Crippen LogP contribution in [0.1, 0.15) is 61.8 Å². The van der Waals surface area contributed by atoms with E-state index in [0.29, 0.717) is 29.9 Å². The molecule has 9 nitrogen and oxygen atoms in total. The van der Waals surface area contributed by atoms with Crippen LogP contribution >= 0.6 is 0 Å². The first-order chi connectivity index (χ1) is 16.3. The summed E-state index contributed by atoms with van der Waals surface area (Å²) >= 11 is 0. The first kappa shape index (κ1) is 22.9. The number of carbonyl (C=O) groups excluding carboxylic acids is 2. The standard InChI is InChI=1S/C25H24N4O5/c1-14-6-4-7-19(15(14)2)26-25(31)23-16(3)22-20(8-5-9-21(22)34-23)27-28-24(30)17-10-12-18(13-11-17)29(32)33/h4,6-7,10-13H,5,8-9H2,1-3H3,(H,26,31)(H,28,30)/b27-20+. The molecule has 1 aromatic heterocycles. The number of nitrogens with one attached hydrogen (secondary N) is 2. The molecule has 0 fully saturated rings. The van der Waals surface area contributed by atoms with Gasteiger partial charge in [0, 0.05) is 40.9 Å². The van der Waals surface area contributed by atoms with Gasteiger partial charge in [0.2, 0.25) is 0 Å². The minimum absolute atomic E-state index is 0.0968. The Balaban J connectivity index is 1.55. The van der Waals surface area contributed by atoms with Crippen LogP contribution in [0.2, 0.25) is 0 Å². The number of nitro benzene ring substituents is 1. The van der Waals surface area contributed by atoms with Crippen molar-refractivity contribution < 1.29 is 18.9 Å². The Hall–Kier alpha value is -4.27. The number of aryl methyl sites for hydroxylation is 2. The number of furan rings is 1. The van der Waals surface area contributed by atoms with Gasteiger partial charge in [-0.25, -0.2) is 5.43 Å². The van der Waals surface area contributed by atoms with Crippen LogP contribution in [0.5, 0.6) is 0 Å². The molecule has 1 heterocycles. The van der Waals surface area contributed by atoms with Crippen molar-refractivity contribution in [2.45, 2.75) is 40.0 Å². The molecule has 4 rings (SSSR count). The Morgan fingerprint density at radius 3 is 2.44 bits per heavy atom. The summed E-state index contributed by atoms with van der Waals surface area (Å²) in [5, 5.41) is 18.0. The van der Waals surface area contributed by atoms with Gasteiger partial charge in [-0.05, 0) is 62.9 Å². The van der Waals surface area contributed by atoms with Gasteiger partial charge in [0.1, 0.15) is 5.76 Å². The van der Waals surface area contributed by atoms with Crippen LogP contribution in [0, 0.1) is 30.9 Å². The molecular formula is C25H24N4O5. The smallest absolute Gasteiger partial charge is 0.291 e. The molecule has 0 bridgehead atoms. The predicted molar refractivity (Wildman–Crippen MR) is 127 cm³/mol. The molecule has 0 saturated heterocycles. The van der Waals surface area contributed by atoms with E-state index in [9.17, 15) is 19.7 Å². The number of benzene rings is 2. The highest BCUT2D eigenvalue weighted by Crippen LogP contribution is 2.31. The van der Waals surface area contributed by atoms with E-state index < -0.39 is 10.8 Å². The van der Waals surface area contributed by atoms with Gasteiger partial charge in [0.25, 0.3) is 17.5 Å². The molecule has 2 amide bonds. The number of hydrogen-bond acceptors (Lipinski definition) is 6. The fourth-order valence-corrected chi connectivity index (χ4v) is 3.98. The molecule has 0 radical (unpaired) electrons. The maximum atomic E-state index is 13.0. The summed E-state index contributed by atoms with van der Waals surface area (Å²) in [6.45, 7) is 5.73. The van der Waals surface area contributed by atoms with Gasteiger partial charge in [-0.3, -0.25) is 19.7 Å². The number of hydrazone groups is 1. The largest absolute Gasteiger partial charge is 0.455 e. The second-order valence-corrected chi connectivity index (χ2v) is 8.21. The van der Waals surface area contributed by atoms with Crippen molar-refractivity contribution in [1.82, 2.24) is 5.43 Å². The molecule has 1 aliphatic rings. The fraction of sp³-hybridized carbons (Fsp3) is 0.240. The Morgan fingerprint density at radius 1 is 1.00 bits per heavy atom. The normalized spacial score (nSPS) is 13.9. The first-order valence-corrected chi connectivity index (χ1v) is 10.9. The predicted octanol–water partition coefficient (Wildman–Crippen LogP) is 4.84. The molecule has 9 heteroatoms. The minimum Gasteiger partial charge on any atom is -0.455 e. The second kappa shape index (κ2) is 9.30. The van der Waals surface area contributed by atoms with Gasteiger partial charge in [-0.2, -0.15) is 5.10 Å². The summed E-state index contributed by atoms with van der Waals surface area (Å²) in [7, 11) is 0. The fourth-order valence-electron chi connectivity index (χ4n) is 3.98.